The van der Waals surface area contributed by atoms with Crippen molar-refractivity contribution >= 4 is 17.6 Å². The lowest BCUT2D eigenvalue weighted by molar-refractivity contribution is -0.137. The molecule has 1 aliphatic heterocycles. The van der Waals surface area contributed by atoms with Crippen LogP contribution < -0.4 is 5.32 Å². The lowest BCUT2D eigenvalue weighted by Gasteiger charge is -2.28. The third-order valence-corrected chi connectivity index (χ3v) is 4.04. The number of pyridine rings is 1. The van der Waals surface area contributed by atoms with E-state index >= 15 is 0 Å². The van der Waals surface area contributed by atoms with E-state index in [9.17, 15) is 22.8 Å². The van der Waals surface area contributed by atoms with Gasteiger partial charge in [0.15, 0.2) is 0 Å². The van der Waals surface area contributed by atoms with E-state index in [4.69, 9.17) is 0 Å². The molecule has 26 heavy (non-hydrogen) atoms. The van der Waals surface area contributed by atoms with E-state index < -0.39 is 23.9 Å². The first-order valence-electron chi connectivity index (χ1n) is 7.68. The van der Waals surface area contributed by atoms with E-state index in [1.165, 1.54) is 9.80 Å². The fourth-order valence-electron chi connectivity index (χ4n) is 2.76. The number of carbonyl (C=O) groups is 2. The minimum atomic E-state index is -4.57. The zero-order valence-electron chi connectivity index (χ0n) is 13.7. The highest BCUT2D eigenvalue weighted by Crippen LogP contribution is 2.32. The van der Waals surface area contributed by atoms with Gasteiger partial charge >= 0.3 is 12.2 Å². The maximum Gasteiger partial charge on any atom is 0.417 e. The van der Waals surface area contributed by atoms with Gasteiger partial charge in [0.1, 0.15) is 12.7 Å². The lowest BCUT2D eigenvalue weighted by atomic mass is 10.1. The fraction of sp³-hybridized carbons (Fsp3) is 0.235. The predicted octanol–water partition coefficient (Wildman–Crippen LogP) is 3.11. The second kappa shape index (κ2) is 6.66. The van der Waals surface area contributed by atoms with Crippen molar-refractivity contribution in [2.24, 2.45) is 0 Å². The molecule has 0 aliphatic carbocycles. The van der Waals surface area contributed by atoms with E-state index in [2.05, 4.69) is 10.3 Å². The van der Waals surface area contributed by atoms with Crippen molar-refractivity contribution in [2.75, 3.05) is 18.9 Å². The Balaban J connectivity index is 1.84. The van der Waals surface area contributed by atoms with E-state index in [1.807, 2.05) is 0 Å². The number of amides is 3. The Morgan fingerprint density at radius 2 is 1.92 bits per heavy atom. The van der Waals surface area contributed by atoms with Crippen LogP contribution in [0.3, 0.4) is 0 Å². The van der Waals surface area contributed by atoms with Crippen LogP contribution in [0.25, 0.3) is 0 Å². The Kier molecular flexibility index (Phi) is 4.54. The highest BCUT2D eigenvalue weighted by atomic mass is 19.4. The van der Waals surface area contributed by atoms with Crippen LogP contribution in [0.15, 0.2) is 48.8 Å². The van der Waals surface area contributed by atoms with Gasteiger partial charge in [-0.3, -0.25) is 14.7 Å². The van der Waals surface area contributed by atoms with Crippen molar-refractivity contribution in [3.8, 4) is 0 Å². The van der Waals surface area contributed by atoms with Gasteiger partial charge in [0.25, 0.3) is 0 Å². The highest BCUT2D eigenvalue weighted by Gasteiger charge is 2.39. The molecule has 2 heterocycles. The van der Waals surface area contributed by atoms with Crippen molar-refractivity contribution < 1.29 is 22.8 Å². The molecule has 3 rings (SSSR count). The van der Waals surface area contributed by atoms with Gasteiger partial charge in [-0.15, -0.1) is 0 Å². The molecule has 1 aromatic heterocycles. The molecule has 0 bridgehead atoms. The average molecular weight is 364 g/mol. The summed E-state index contributed by atoms with van der Waals surface area (Å²) in [6.45, 7) is -0.172. The molecule has 1 unspecified atom stereocenters. The maximum atomic E-state index is 12.8. The second-order valence-corrected chi connectivity index (χ2v) is 5.81. The monoisotopic (exact) mass is 364 g/mol. The van der Waals surface area contributed by atoms with Crippen LogP contribution in [0.2, 0.25) is 0 Å². The number of hydrogen-bond acceptors (Lipinski definition) is 3. The molecule has 1 aliphatic rings. The van der Waals surface area contributed by atoms with Gasteiger partial charge in [-0.2, -0.15) is 13.2 Å². The van der Waals surface area contributed by atoms with Crippen molar-refractivity contribution in [3.05, 3.63) is 59.9 Å². The highest BCUT2D eigenvalue weighted by molar-refractivity contribution is 5.94. The van der Waals surface area contributed by atoms with Gasteiger partial charge in [-0.25, -0.2) is 4.79 Å². The number of halogens is 3. The summed E-state index contributed by atoms with van der Waals surface area (Å²) >= 11 is 0. The summed E-state index contributed by atoms with van der Waals surface area (Å²) in [4.78, 5) is 30.8. The first-order chi connectivity index (χ1) is 12.3. The molecule has 6 nitrogen and oxygen atoms in total. The van der Waals surface area contributed by atoms with E-state index in [-0.39, 0.29) is 18.1 Å². The maximum absolute atomic E-state index is 12.8. The second-order valence-electron chi connectivity index (χ2n) is 5.81. The smallest absolute Gasteiger partial charge is 0.319 e. The molecule has 0 radical (unpaired) electrons. The summed E-state index contributed by atoms with van der Waals surface area (Å²) in [5.74, 6) is -0.267. The topological polar surface area (TPSA) is 65.5 Å². The first kappa shape index (κ1) is 17.7. The van der Waals surface area contributed by atoms with E-state index in [1.54, 1.807) is 37.4 Å². The normalized spacial score (nSPS) is 17.5. The number of urea groups is 1. The quantitative estimate of drug-likeness (QED) is 0.891. The van der Waals surface area contributed by atoms with Gasteiger partial charge in [0.05, 0.1) is 17.4 Å². The number of aromatic nitrogens is 1. The Hall–Kier alpha value is -3.10. The van der Waals surface area contributed by atoms with Gasteiger partial charge in [0.2, 0.25) is 5.91 Å². The van der Waals surface area contributed by atoms with Crippen LogP contribution in [-0.4, -0.2) is 40.3 Å². The lowest BCUT2D eigenvalue weighted by Crippen LogP contribution is -2.37. The molecular formula is C17H15F3N4O2. The molecule has 1 aromatic carbocycles. The molecule has 1 fully saturated rings. The molecule has 3 amide bonds. The summed E-state index contributed by atoms with van der Waals surface area (Å²) in [5, 5.41) is 2.38. The van der Waals surface area contributed by atoms with Crippen LogP contribution in [0.1, 0.15) is 17.3 Å². The van der Waals surface area contributed by atoms with Crippen LogP contribution >= 0.6 is 0 Å². The van der Waals surface area contributed by atoms with Gasteiger partial charge in [-0.1, -0.05) is 30.3 Å². The third-order valence-electron chi connectivity index (χ3n) is 4.04. The summed E-state index contributed by atoms with van der Waals surface area (Å²) in [7, 11) is 1.57. The van der Waals surface area contributed by atoms with Gasteiger partial charge in [0, 0.05) is 13.2 Å². The summed E-state index contributed by atoms with van der Waals surface area (Å²) in [6.07, 6.45) is -3.41. The molecule has 136 valence electrons. The molecular weight excluding hydrogens is 349 g/mol. The van der Waals surface area contributed by atoms with Crippen molar-refractivity contribution in [1.29, 1.82) is 0 Å². The molecule has 9 heteroatoms. The van der Waals surface area contributed by atoms with Crippen LogP contribution in [0, 0.1) is 0 Å². The van der Waals surface area contributed by atoms with E-state index in [0.717, 1.165) is 17.8 Å². The molecule has 1 atom stereocenters. The van der Waals surface area contributed by atoms with Gasteiger partial charge in [-0.05, 0) is 11.6 Å². The summed E-state index contributed by atoms with van der Waals surface area (Å²) < 4.78 is 38.3. The Bertz CT molecular complexity index is 826. The number of nitrogens with zero attached hydrogens (tertiary/aromatic N) is 3. The number of anilines is 1. The van der Waals surface area contributed by atoms with Crippen LogP contribution in [0.5, 0.6) is 0 Å². The predicted molar refractivity (Wildman–Crippen MR) is 86.9 cm³/mol. The molecule has 0 spiro atoms. The number of nitrogens with one attached hydrogen (secondary N) is 1. The summed E-state index contributed by atoms with van der Waals surface area (Å²) in [5.41, 5.74) is -0.346. The number of rotatable bonds is 2. The van der Waals surface area contributed by atoms with Crippen molar-refractivity contribution in [1.82, 2.24) is 14.8 Å². The molecule has 1 N–H and O–H groups in total. The molecule has 2 aromatic rings. The van der Waals surface area contributed by atoms with Crippen molar-refractivity contribution in [3.63, 3.8) is 0 Å². The minimum Gasteiger partial charge on any atom is -0.319 e. The Morgan fingerprint density at radius 1 is 1.23 bits per heavy atom. The number of carbonyl (C=O) groups excluding carboxylic acids is 2. The standard InChI is InChI=1S/C17H15F3N4O2/c1-23-14(25)10-24(15(23)11-5-3-2-4-6-11)16(26)22-13-7-12(8-21-9-13)17(18,19)20/h2-9,15H,10H2,1H3,(H,22,26). The Morgan fingerprint density at radius 3 is 2.58 bits per heavy atom. The van der Waals surface area contributed by atoms with Gasteiger partial charge < -0.3 is 10.2 Å². The van der Waals surface area contributed by atoms with Crippen LogP contribution in [-0.2, 0) is 11.0 Å². The fourth-order valence-corrected chi connectivity index (χ4v) is 2.76. The van der Waals surface area contributed by atoms with E-state index in [0.29, 0.717) is 6.20 Å². The number of hydrogen-bond donors (Lipinski definition) is 1. The average Bonchev–Trinajstić information content (AvgIpc) is 2.90. The Labute approximate surface area is 147 Å². The minimum absolute atomic E-state index is 0.0985. The zero-order chi connectivity index (χ0) is 18.9. The molecule has 0 saturated carbocycles. The number of likely N-dealkylation sites (N-methyl/N-ethyl adjacent to an activating group) is 1. The van der Waals surface area contributed by atoms with Crippen LogP contribution in [0.4, 0.5) is 23.7 Å². The number of benzene rings is 1. The number of alkyl halides is 3. The summed E-state index contributed by atoms with van der Waals surface area (Å²) in [6, 6.07) is 9.01. The SMILES string of the molecule is CN1C(=O)CN(C(=O)Nc2cncc(C(F)(F)F)c2)C1c1ccccc1. The molecule has 1 saturated heterocycles. The first-order valence-corrected chi connectivity index (χ1v) is 7.68. The van der Waals surface area contributed by atoms with Crippen molar-refractivity contribution in [2.45, 2.75) is 12.3 Å². The largest absolute Gasteiger partial charge is 0.417 e. The third kappa shape index (κ3) is 3.46. The zero-order valence-corrected chi connectivity index (χ0v) is 13.7.